The monoisotopic (exact) mass is 272 g/mol. The number of rotatable bonds is 2. The van der Waals surface area contributed by atoms with Crippen molar-refractivity contribution in [2.45, 2.75) is 51.0 Å². The minimum atomic E-state index is 0. The van der Waals surface area contributed by atoms with E-state index in [0.717, 1.165) is 37.9 Å². The van der Waals surface area contributed by atoms with Crippen molar-refractivity contribution in [3.63, 3.8) is 0 Å². The van der Waals surface area contributed by atoms with Gasteiger partial charge in [-0.3, -0.25) is 4.79 Å². The molecule has 1 amide bonds. The second-order valence-electron chi connectivity index (χ2n) is 5.99. The number of carbonyl (C=O) groups excluding carboxylic acids is 1. The van der Waals surface area contributed by atoms with Crippen molar-refractivity contribution >= 4 is 18.3 Å². The predicted molar refractivity (Wildman–Crippen MR) is 74.9 cm³/mol. The molecule has 104 valence electrons. The molecule has 2 heterocycles. The van der Waals surface area contributed by atoms with Crippen LogP contribution >= 0.6 is 12.4 Å². The number of hydrogen-bond acceptors (Lipinski definition) is 2. The van der Waals surface area contributed by atoms with Crippen molar-refractivity contribution in [2.75, 3.05) is 19.6 Å². The molecule has 1 N–H and O–H groups in total. The average molecular weight is 273 g/mol. The van der Waals surface area contributed by atoms with Gasteiger partial charge >= 0.3 is 0 Å². The van der Waals surface area contributed by atoms with Gasteiger partial charge in [0, 0.05) is 25.0 Å². The maximum absolute atomic E-state index is 12.1. The molecule has 1 aliphatic carbocycles. The van der Waals surface area contributed by atoms with Gasteiger partial charge in [0.05, 0.1) is 0 Å². The van der Waals surface area contributed by atoms with Crippen molar-refractivity contribution in [1.82, 2.24) is 10.2 Å². The first-order valence-electron chi connectivity index (χ1n) is 7.37. The van der Waals surface area contributed by atoms with Gasteiger partial charge in [-0.1, -0.05) is 6.42 Å². The van der Waals surface area contributed by atoms with Gasteiger partial charge < -0.3 is 10.2 Å². The van der Waals surface area contributed by atoms with Crippen LogP contribution in [0.1, 0.15) is 44.9 Å². The molecule has 1 unspecified atom stereocenters. The number of carbonyl (C=O) groups is 1. The van der Waals surface area contributed by atoms with E-state index >= 15 is 0 Å². The third kappa shape index (κ3) is 2.83. The molecule has 3 fully saturated rings. The Hall–Kier alpha value is -0.280. The third-order valence-electron chi connectivity index (χ3n) is 4.97. The van der Waals surface area contributed by atoms with Crippen LogP contribution in [-0.2, 0) is 4.79 Å². The number of piperidine rings is 1. The minimum Gasteiger partial charge on any atom is -0.342 e. The fourth-order valence-corrected chi connectivity index (χ4v) is 3.55. The standard InChI is InChI=1S/C14H24N2O.ClH/c17-14(12-3-1-4-12)16-9-6-11(7-10-16)13-5-2-8-15-13;/h11-13,15H,1-10H2;1H. The molecule has 3 aliphatic rings. The molecule has 3 nitrogen and oxygen atoms in total. The second kappa shape index (κ2) is 6.25. The SMILES string of the molecule is Cl.O=C(C1CCC1)N1CCC(C2CCCN2)CC1. The van der Waals surface area contributed by atoms with Crippen molar-refractivity contribution < 1.29 is 4.79 Å². The van der Waals surface area contributed by atoms with E-state index in [1.165, 1.54) is 38.6 Å². The van der Waals surface area contributed by atoms with Crippen LogP contribution in [0.15, 0.2) is 0 Å². The Morgan fingerprint density at radius 2 is 1.72 bits per heavy atom. The zero-order valence-electron chi connectivity index (χ0n) is 11.1. The van der Waals surface area contributed by atoms with Crippen LogP contribution in [0.3, 0.4) is 0 Å². The Bertz CT molecular complexity index is 280. The summed E-state index contributed by atoms with van der Waals surface area (Å²) < 4.78 is 0. The zero-order chi connectivity index (χ0) is 11.7. The molecule has 0 aromatic carbocycles. The highest BCUT2D eigenvalue weighted by atomic mass is 35.5. The number of nitrogens with zero attached hydrogens (tertiary/aromatic N) is 1. The van der Waals surface area contributed by atoms with Gasteiger partial charge in [0.25, 0.3) is 0 Å². The van der Waals surface area contributed by atoms with Crippen molar-refractivity contribution in [3.8, 4) is 0 Å². The van der Waals surface area contributed by atoms with Gasteiger partial charge in [-0.25, -0.2) is 0 Å². The van der Waals surface area contributed by atoms with Crippen LogP contribution in [-0.4, -0.2) is 36.5 Å². The Kier molecular flexibility index (Phi) is 4.91. The van der Waals surface area contributed by atoms with E-state index in [4.69, 9.17) is 0 Å². The fraction of sp³-hybridized carbons (Fsp3) is 0.929. The topological polar surface area (TPSA) is 32.3 Å². The van der Waals surface area contributed by atoms with E-state index in [2.05, 4.69) is 10.2 Å². The summed E-state index contributed by atoms with van der Waals surface area (Å²) in [6, 6.07) is 0.746. The van der Waals surface area contributed by atoms with E-state index < -0.39 is 0 Å². The highest BCUT2D eigenvalue weighted by Gasteiger charge is 2.33. The average Bonchev–Trinajstić information content (AvgIpc) is 2.80. The predicted octanol–water partition coefficient (Wildman–Crippen LogP) is 2.20. The molecule has 1 saturated carbocycles. The fourth-order valence-electron chi connectivity index (χ4n) is 3.55. The molecule has 0 radical (unpaired) electrons. The van der Waals surface area contributed by atoms with Gasteiger partial charge in [0.15, 0.2) is 0 Å². The van der Waals surface area contributed by atoms with E-state index in [-0.39, 0.29) is 12.4 Å². The Labute approximate surface area is 116 Å². The highest BCUT2D eigenvalue weighted by molar-refractivity contribution is 5.85. The summed E-state index contributed by atoms with van der Waals surface area (Å²) in [5.74, 6) is 1.66. The minimum absolute atomic E-state index is 0. The van der Waals surface area contributed by atoms with E-state index in [1.807, 2.05) is 0 Å². The van der Waals surface area contributed by atoms with Gasteiger partial charge in [0.1, 0.15) is 0 Å². The Balaban J connectivity index is 0.00000120. The number of amides is 1. The van der Waals surface area contributed by atoms with E-state index in [1.54, 1.807) is 0 Å². The van der Waals surface area contributed by atoms with Crippen LogP contribution in [0.4, 0.5) is 0 Å². The van der Waals surface area contributed by atoms with Gasteiger partial charge in [-0.05, 0) is 51.0 Å². The second-order valence-corrected chi connectivity index (χ2v) is 5.99. The van der Waals surface area contributed by atoms with Crippen LogP contribution in [0.25, 0.3) is 0 Å². The molecular formula is C14H25ClN2O. The maximum atomic E-state index is 12.1. The Morgan fingerprint density at radius 3 is 2.22 bits per heavy atom. The summed E-state index contributed by atoms with van der Waals surface area (Å²) >= 11 is 0. The first kappa shape index (κ1) is 14.1. The zero-order valence-corrected chi connectivity index (χ0v) is 11.9. The number of likely N-dealkylation sites (tertiary alicyclic amines) is 1. The molecule has 2 saturated heterocycles. The quantitative estimate of drug-likeness (QED) is 0.836. The van der Waals surface area contributed by atoms with Crippen LogP contribution in [0, 0.1) is 11.8 Å². The molecule has 1 atom stereocenters. The molecule has 0 bridgehead atoms. The molecule has 3 rings (SSSR count). The highest BCUT2D eigenvalue weighted by Crippen LogP contribution is 2.31. The molecular weight excluding hydrogens is 248 g/mol. The van der Waals surface area contributed by atoms with Gasteiger partial charge in [-0.2, -0.15) is 0 Å². The summed E-state index contributed by atoms with van der Waals surface area (Å²) in [4.78, 5) is 14.3. The van der Waals surface area contributed by atoms with Gasteiger partial charge in [-0.15, -0.1) is 12.4 Å². The molecule has 0 aromatic heterocycles. The number of halogens is 1. The molecule has 0 aromatic rings. The van der Waals surface area contributed by atoms with Crippen molar-refractivity contribution in [2.24, 2.45) is 11.8 Å². The number of hydrogen-bond donors (Lipinski definition) is 1. The normalized spacial score (nSPS) is 29.8. The van der Waals surface area contributed by atoms with Crippen molar-refractivity contribution in [3.05, 3.63) is 0 Å². The third-order valence-corrected chi connectivity index (χ3v) is 4.97. The molecule has 18 heavy (non-hydrogen) atoms. The number of nitrogens with one attached hydrogen (secondary N) is 1. The van der Waals surface area contributed by atoms with Crippen LogP contribution in [0.2, 0.25) is 0 Å². The van der Waals surface area contributed by atoms with Gasteiger partial charge in [0.2, 0.25) is 5.91 Å². The molecule has 2 aliphatic heterocycles. The lowest BCUT2D eigenvalue weighted by Gasteiger charge is -2.38. The van der Waals surface area contributed by atoms with E-state index in [0.29, 0.717) is 11.8 Å². The first-order valence-corrected chi connectivity index (χ1v) is 7.37. The Morgan fingerprint density at radius 1 is 1.00 bits per heavy atom. The summed E-state index contributed by atoms with van der Waals surface area (Å²) in [6.07, 6.45) is 8.67. The summed E-state index contributed by atoms with van der Waals surface area (Å²) in [7, 11) is 0. The summed E-state index contributed by atoms with van der Waals surface area (Å²) in [5.41, 5.74) is 0. The van der Waals surface area contributed by atoms with Crippen molar-refractivity contribution in [1.29, 1.82) is 0 Å². The first-order chi connectivity index (χ1) is 8.34. The largest absolute Gasteiger partial charge is 0.342 e. The molecule has 4 heteroatoms. The lowest BCUT2D eigenvalue weighted by atomic mass is 9.83. The summed E-state index contributed by atoms with van der Waals surface area (Å²) in [5, 5.41) is 3.61. The maximum Gasteiger partial charge on any atom is 0.225 e. The molecule has 0 spiro atoms. The summed E-state index contributed by atoms with van der Waals surface area (Å²) in [6.45, 7) is 3.22. The van der Waals surface area contributed by atoms with Crippen LogP contribution < -0.4 is 5.32 Å². The lowest BCUT2D eigenvalue weighted by Crippen LogP contribution is -2.46. The lowest BCUT2D eigenvalue weighted by molar-refractivity contribution is -0.139. The smallest absolute Gasteiger partial charge is 0.225 e. The van der Waals surface area contributed by atoms with Crippen LogP contribution in [0.5, 0.6) is 0 Å². The van der Waals surface area contributed by atoms with E-state index in [9.17, 15) is 4.79 Å².